The first-order chi connectivity index (χ1) is 13.0. The summed E-state index contributed by atoms with van der Waals surface area (Å²) in [5, 5.41) is 10.4. The summed E-state index contributed by atoms with van der Waals surface area (Å²) < 4.78 is 5.91. The van der Waals surface area contributed by atoms with Crippen LogP contribution < -0.4 is 0 Å². The van der Waals surface area contributed by atoms with Gasteiger partial charge in [-0.1, -0.05) is 56.4 Å². The van der Waals surface area contributed by atoms with Crippen molar-refractivity contribution in [2.75, 3.05) is 0 Å². The van der Waals surface area contributed by atoms with E-state index >= 15 is 0 Å². The van der Waals surface area contributed by atoms with Gasteiger partial charge in [-0.25, -0.2) is 4.79 Å². The van der Waals surface area contributed by atoms with Crippen molar-refractivity contribution < 1.29 is 19.2 Å². The van der Waals surface area contributed by atoms with E-state index in [9.17, 15) is 19.7 Å². The van der Waals surface area contributed by atoms with E-state index in [1.165, 1.54) is 40.9 Å². The molecule has 152 valence electrons. The molecule has 0 bridgehead atoms. The Balaban J connectivity index is 1.89. The number of nitro groups is 1. The minimum Gasteiger partial charge on any atom is -0.458 e. The first-order valence-electron chi connectivity index (χ1n) is 8.52. The molecule has 0 aromatic heterocycles. The fourth-order valence-corrected chi connectivity index (χ4v) is 4.99. The van der Waals surface area contributed by atoms with E-state index in [4.69, 9.17) is 28.6 Å². The van der Waals surface area contributed by atoms with Gasteiger partial charge in [0.25, 0.3) is 5.69 Å². The quantitative estimate of drug-likeness (QED) is 0.118. The van der Waals surface area contributed by atoms with Crippen LogP contribution in [0.1, 0.15) is 39.2 Å². The highest BCUT2D eigenvalue weighted by Crippen LogP contribution is 2.36. The summed E-state index contributed by atoms with van der Waals surface area (Å²) in [7, 11) is 0. The van der Waals surface area contributed by atoms with Gasteiger partial charge < -0.3 is 9.64 Å². The molecule has 10 heteroatoms. The zero-order chi connectivity index (χ0) is 21.1. The third-order valence-corrected chi connectivity index (χ3v) is 5.75. The van der Waals surface area contributed by atoms with Crippen LogP contribution in [0.15, 0.2) is 24.3 Å². The number of amides is 1. The lowest BCUT2D eigenvalue weighted by atomic mass is 9.93. The van der Waals surface area contributed by atoms with Crippen LogP contribution in [0.25, 0.3) is 0 Å². The van der Waals surface area contributed by atoms with Crippen molar-refractivity contribution in [3.63, 3.8) is 0 Å². The Morgan fingerprint density at radius 3 is 2.54 bits per heavy atom. The third-order valence-electron chi connectivity index (χ3n) is 3.86. The van der Waals surface area contributed by atoms with Crippen LogP contribution in [-0.4, -0.2) is 36.8 Å². The lowest BCUT2D eigenvalue weighted by Gasteiger charge is -2.41. The molecular weight excluding hydrogens is 424 g/mol. The van der Waals surface area contributed by atoms with E-state index in [0.717, 1.165) is 4.20 Å². The number of rotatable bonds is 7. The lowest BCUT2D eigenvalue weighted by molar-refractivity contribution is -0.384. The number of likely N-dealkylation sites (tertiary alicyclic amines) is 1. The number of hydrogen-bond acceptors (Lipinski definition) is 7. The minimum atomic E-state index is -1.24. The standard InChI is InChI=1S/C18H21ClN2O5S2/c1-18(2,3)9-15(27)28-14-8-13(22)20(14)16(19)17(23)26-10-11-4-6-12(7-5-11)21(24)25/h4-7,14,16H,8-10H2,1-3H3/t14-,16?/m1/s1. The summed E-state index contributed by atoms with van der Waals surface area (Å²) in [6.45, 7) is 6.12. The Hall–Kier alpha value is -1.71. The molecule has 7 nitrogen and oxygen atoms in total. The number of esters is 1. The Morgan fingerprint density at radius 1 is 1.43 bits per heavy atom. The molecule has 0 radical (unpaired) electrons. The second-order valence-electron chi connectivity index (χ2n) is 7.55. The Labute approximate surface area is 177 Å². The number of thioether (sulfide) groups is 1. The van der Waals surface area contributed by atoms with Crippen molar-refractivity contribution in [2.45, 2.75) is 51.1 Å². The molecule has 0 N–H and O–H groups in total. The first-order valence-corrected chi connectivity index (χ1v) is 10.2. The molecule has 2 atom stereocenters. The average molecular weight is 445 g/mol. The summed E-state index contributed by atoms with van der Waals surface area (Å²) in [5.41, 5.74) is -0.681. The molecule has 1 saturated heterocycles. The van der Waals surface area contributed by atoms with E-state index in [0.29, 0.717) is 12.0 Å². The van der Waals surface area contributed by atoms with Gasteiger partial charge in [-0.15, -0.1) is 0 Å². The molecule has 2 rings (SSSR count). The molecule has 1 unspecified atom stereocenters. The first kappa shape index (κ1) is 22.6. The molecule has 0 aliphatic carbocycles. The van der Waals surface area contributed by atoms with E-state index in [1.807, 2.05) is 0 Å². The molecular formula is C18H21ClN2O5S2. The van der Waals surface area contributed by atoms with E-state index in [-0.39, 0.29) is 35.4 Å². The molecule has 1 aromatic carbocycles. The predicted octanol–water partition coefficient (Wildman–Crippen LogP) is 4.26. The van der Waals surface area contributed by atoms with Gasteiger partial charge in [-0.3, -0.25) is 14.9 Å². The van der Waals surface area contributed by atoms with Gasteiger partial charge in [-0.05, 0) is 29.5 Å². The molecule has 1 amide bonds. The number of alkyl halides is 1. The van der Waals surface area contributed by atoms with E-state index in [1.54, 1.807) is 0 Å². The topological polar surface area (TPSA) is 89.8 Å². The van der Waals surface area contributed by atoms with Crippen molar-refractivity contribution >= 4 is 57.3 Å². The molecule has 28 heavy (non-hydrogen) atoms. The fourth-order valence-electron chi connectivity index (χ4n) is 2.45. The second-order valence-corrected chi connectivity index (χ2v) is 9.99. The molecule has 0 spiro atoms. The van der Waals surface area contributed by atoms with Gasteiger partial charge in [0, 0.05) is 12.1 Å². The smallest absolute Gasteiger partial charge is 0.345 e. The SMILES string of the molecule is CC(C)(C)CC(=S)S[C@@H]1CC(=O)N1C(Cl)C(=O)OCc1ccc([N+](=O)[O-])cc1. The van der Waals surface area contributed by atoms with Gasteiger partial charge >= 0.3 is 5.97 Å². The van der Waals surface area contributed by atoms with E-state index < -0.39 is 16.4 Å². The Bertz CT molecular complexity index is 779. The molecule has 1 fully saturated rings. The number of halogens is 1. The number of benzene rings is 1. The van der Waals surface area contributed by atoms with Gasteiger partial charge in [0.2, 0.25) is 11.4 Å². The highest BCUT2D eigenvalue weighted by molar-refractivity contribution is 8.23. The minimum absolute atomic E-state index is 0.0344. The maximum Gasteiger partial charge on any atom is 0.345 e. The number of β-lactam (4-membered cyclic amide) rings is 1. The summed E-state index contributed by atoms with van der Waals surface area (Å²) in [6, 6.07) is 5.63. The monoisotopic (exact) mass is 444 g/mol. The van der Waals surface area contributed by atoms with Crippen LogP contribution in [0.5, 0.6) is 0 Å². The number of carbonyl (C=O) groups excluding carboxylic acids is 2. The normalized spacial score (nSPS) is 17.6. The van der Waals surface area contributed by atoms with Crippen LogP contribution in [0.2, 0.25) is 0 Å². The van der Waals surface area contributed by atoms with Crippen LogP contribution >= 0.6 is 35.6 Å². The maximum atomic E-state index is 12.2. The number of thiocarbonyl (C=S) groups is 1. The number of ether oxygens (including phenoxy) is 1. The Kier molecular flexibility index (Phi) is 7.41. The second kappa shape index (κ2) is 9.19. The van der Waals surface area contributed by atoms with Gasteiger partial charge in [0.05, 0.1) is 20.9 Å². The van der Waals surface area contributed by atoms with E-state index in [2.05, 4.69) is 20.8 Å². The highest BCUT2D eigenvalue weighted by atomic mass is 35.5. The van der Waals surface area contributed by atoms with Crippen molar-refractivity contribution in [1.82, 2.24) is 4.90 Å². The summed E-state index contributed by atoms with van der Waals surface area (Å²) >= 11 is 12.9. The maximum absolute atomic E-state index is 12.2. The summed E-state index contributed by atoms with van der Waals surface area (Å²) in [5.74, 6) is -0.983. The number of hydrogen-bond donors (Lipinski definition) is 0. The third kappa shape index (κ3) is 6.15. The van der Waals surface area contributed by atoms with Gasteiger partial charge in [-0.2, -0.15) is 0 Å². The fraction of sp³-hybridized carbons (Fsp3) is 0.500. The van der Waals surface area contributed by atoms with Crippen LogP contribution in [0.4, 0.5) is 5.69 Å². The highest BCUT2D eigenvalue weighted by Gasteiger charge is 2.44. The van der Waals surface area contributed by atoms with Crippen LogP contribution in [0, 0.1) is 15.5 Å². The van der Waals surface area contributed by atoms with Crippen molar-refractivity contribution in [3.05, 3.63) is 39.9 Å². The molecule has 1 aromatic rings. The molecule has 1 aliphatic rings. The Morgan fingerprint density at radius 2 is 2.04 bits per heavy atom. The number of nitrogens with zero attached hydrogens (tertiary/aromatic N) is 2. The molecule has 1 heterocycles. The lowest BCUT2D eigenvalue weighted by Crippen LogP contribution is -2.57. The van der Waals surface area contributed by atoms with Crippen molar-refractivity contribution in [3.8, 4) is 0 Å². The molecule has 1 aliphatic heterocycles. The van der Waals surface area contributed by atoms with Gasteiger partial charge in [0.15, 0.2) is 0 Å². The largest absolute Gasteiger partial charge is 0.458 e. The number of carbonyl (C=O) groups is 2. The van der Waals surface area contributed by atoms with Gasteiger partial charge in [0.1, 0.15) is 6.61 Å². The van der Waals surface area contributed by atoms with Crippen molar-refractivity contribution in [2.24, 2.45) is 5.41 Å². The number of nitro benzene ring substituents is 1. The zero-order valence-corrected chi connectivity index (χ0v) is 18.1. The summed E-state index contributed by atoms with van der Waals surface area (Å²) in [4.78, 5) is 35.6. The summed E-state index contributed by atoms with van der Waals surface area (Å²) in [6.07, 6.45) is 0.983. The molecule has 0 saturated carbocycles. The van der Waals surface area contributed by atoms with Crippen molar-refractivity contribution in [1.29, 1.82) is 0 Å². The number of non-ortho nitro benzene ring substituents is 1. The van der Waals surface area contributed by atoms with Crippen LogP contribution in [-0.2, 0) is 20.9 Å². The zero-order valence-electron chi connectivity index (χ0n) is 15.7. The predicted molar refractivity (Wildman–Crippen MR) is 112 cm³/mol. The van der Waals surface area contributed by atoms with Crippen LogP contribution in [0.3, 0.4) is 0 Å². The average Bonchev–Trinajstić information content (AvgIpc) is 2.57.